The predicted octanol–water partition coefficient (Wildman–Crippen LogP) is 2.49. The van der Waals surface area contributed by atoms with Crippen molar-refractivity contribution < 1.29 is 9.72 Å². The van der Waals surface area contributed by atoms with Crippen LogP contribution in [-0.4, -0.2) is 17.9 Å². The summed E-state index contributed by atoms with van der Waals surface area (Å²) < 4.78 is 0. The number of rotatable bonds is 3. The zero-order chi connectivity index (χ0) is 15.7. The lowest BCUT2D eigenvalue weighted by Gasteiger charge is -2.28. The number of nitro groups is 1. The molecule has 1 aliphatic heterocycles. The van der Waals surface area contributed by atoms with E-state index in [1.165, 1.54) is 6.07 Å². The van der Waals surface area contributed by atoms with E-state index in [2.05, 4.69) is 16.0 Å². The highest BCUT2D eigenvalue weighted by molar-refractivity contribution is 6.01. The van der Waals surface area contributed by atoms with E-state index >= 15 is 0 Å². The van der Waals surface area contributed by atoms with E-state index in [-0.39, 0.29) is 11.6 Å². The summed E-state index contributed by atoms with van der Waals surface area (Å²) in [7, 11) is 1.62. The van der Waals surface area contributed by atoms with Gasteiger partial charge in [-0.1, -0.05) is 18.2 Å². The molecule has 0 unspecified atom stereocenters. The Morgan fingerprint density at radius 2 is 1.95 bits per heavy atom. The molecule has 0 spiro atoms. The highest BCUT2D eigenvalue weighted by Gasteiger charge is 2.26. The molecule has 0 bridgehead atoms. The van der Waals surface area contributed by atoms with Gasteiger partial charge in [-0.3, -0.25) is 14.9 Å². The number of para-hydroxylation sites is 1. The van der Waals surface area contributed by atoms with E-state index in [1.807, 2.05) is 6.07 Å². The van der Waals surface area contributed by atoms with Crippen LogP contribution in [0.15, 0.2) is 42.5 Å². The van der Waals surface area contributed by atoms with Crippen molar-refractivity contribution in [3.05, 3.63) is 63.7 Å². The quantitative estimate of drug-likeness (QED) is 0.597. The molecule has 0 aliphatic carbocycles. The molecule has 0 aromatic heterocycles. The average Bonchev–Trinajstić information content (AvgIpc) is 2.54. The molecule has 7 nitrogen and oxygen atoms in total. The smallest absolute Gasteiger partial charge is 0.292 e. The number of fused-ring (bicyclic) bond motifs is 1. The van der Waals surface area contributed by atoms with E-state index in [0.29, 0.717) is 22.5 Å². The zero-order valence-corrected chi connectivity index (χ0v) is 11.8. The summed E-state index contributed by atoms with van der Waals surface area (Å²) in [6, 6.07) is 12.0. The maximum absolute atomic E-state index is 12.1. The minimum Gasteiger partial charge on any atom is -0.383 e. The van der Waals surface area contributed by atoms with Crippen molar-refractivity contribution in [1.29, 1.82) is 0 Å². The Kier molecular flexibility index (Phi) is 3.38. The predicted molar refractivity (Wildman–Crippen MR) is 82.9 cm³/mol. The van der Waals surface area contributed by atoms with Crippen molar-refractivity contribution in [3.63, 3.8) is 0 Å². The molecule has 1 amide bonds. The molecule has 1 heterocycles. The van der Waals surface area contributed by atoms with Gasteiger partial charge in [0.25, 0.3) is 11.6 Å². The highest BCUT2D eigenvalue weighted by atomic mass is 16.6. The molecular formula is C15H14N4O3. The first-order valence-corrected chi connectivity index (χ1v) is 6.72. The summed E-state index contributed by atoms with van der Waals surface area (Å²) in [6.07, 6.45) is -0.507. The number of benzene rings is 2. The first-order valence-electron chi connectivity index (χ1n) is 6.72. The number of carbonyl (C=O) groups excluding carboxylic acids is 1. The van der Waals surface area contributed by atoms with E-state index < -0.39 is 11.1 Å². The summed E-state index contributed by atoms with van der Waals surface area (Å²) in [4.78, 5) is 22.8. The molecule has 0 fully saturated rings. The normalized spacial score (nSPS) is 16.2. The lowest BCUT2D eigenvalue weighted by molar-refractivity contribution is -0.384. The molecule has 1 aliphatic rings. The van der Waals surface area contributed by atoms with E-state index in [1.54, 1.807) is 37.4 Å². The van der Waals surface area contributed by atoms with Gasteiger partial charge in [-0.15, -0.1) is 0 Å². The van der Waals surface area contributed by atoms with Gasteiger partial charge in [-0.05, 0) is 18.2 Å². The molecule has 3 N–H and O–H groups in total. The van der Waals surface area contributed by atoms with Crippen LogP contribution in [-0.2, 0) is 0 Å². The topological polar surface area (TPSA) is 96.3 Å². The number of amides is 1. The Morgan fingerprint density at radius 1 is 1.18 bits per heavy atom. The largest absolute Gasteiger partial charge is 0.383 e. The lowest BCUT2D eigenvalue weighted by Crippen LogP contribution is -2.38. The Morgan fingerprint density at radius 3 is 2.68 bits per heavy atom. The maximum atomic E-state index is 12.1. The van der Waals surface area contributed by atoms with Crippen LogP contribution in [0.5, 0.6) is 0 Å². The molecule has 0 saturated carbocycles. The fourth-order valence-electron chi connectivity index (χ4n) is 2.46. The third kappa shape index (κ3) is 2.32. The number of carbonyl (C=O) groups is 1. The summed E-state index contributed by atoms with van der Waals surface area (Å²) in [5, 5.41) is 19.9. The van der Waals surface area contributed by atoms with Gasteiger partial charge >= 0.3 is 0 Å². The molecule has 3 rings (SSSR count). The first kappa shape index (κ1) is 13.9. The summed E-state index contributed by atoms with van der Waals surface area (Å²) >= 11 is 0. The van der Waals surface area contributed by atoms with Crippen molar-refractivity contribution in [2.45, 2.75) is 6.17 Å². The number of hydrogen-bond acceptors (Lipinski definition) is 5. The van der Waals surface area contributed by atoms with Crippen LogP contribution in [0.1, 0.15) is 22.1 Å². The molecule has 2 aromatic rings. The van der Waals surface area contributed by atoms with Crippen LogP contribution in [0.4, 0.5) is 17.1 Å². The van der Waals surface area contributed by atoms with E-state index in [9.17, 15) is 14.9 Å². The maximum Gasteiger partial charge on any atom is 0.292 e. The fraction of sp³-hybridized carbons (Fsp3) is 0.133. The molecule has 0 saturated heterocycles. The Balaban J connectivity index is 1.98. The standard InChI is InChI=1S/C15H14N4O3/c1-16-12-7-6-9(8-13(12)19(21)22)14-17-11-5-3-2-4-10(11)15(20)18-14/h2-8,14,16-17H,1H3,(H,18,20)/t14-/m1/s1. The molecule has 2 aromatic carbocycles. The second-order valence-corrected chi connectivity index (χ2v) is 4.88. The minimum absolute atomic E-state index is 0.0325. The monoisotopic (exact) mass is 298 g/mol. The number of nitrogens with one attached hydrogen (secondary N) is 3. The molecular weight excluding hydrogens is 284 g/mol. The van der Waals surface area contributed by atoms with Gasteiger partial charge in [-0.25, -0.2) is 0 Å². The van der Waals surface area contributed by atoms with Crippen molar-refractivity contribution in [1.82, 2.24) is 5.32 Å². The van der Waals surface area contributed by atoms with E-state index in [0.717, 1.165) is 0 Å². The van der Waals surface area contributed by atoms with Crippen molar-refractivity contribution in [2.75, 3.05) is 17.7 Å². The van der Waals surface area contributed by atoms with Crippen LogP contribution in [0.2, 0.25) is 0 Å². The highest BCUT2D eigenvalue weighted by Crippen LogP contribution is 2.31. The van der Waals surface area contributed by atoms with Gasteiger partial charge in [-0.2, -0.15) is 0 Å². The van der Waals surface area contributed by atoms with Gasteiger partial charge in [0.2, 0.25) is 0 Å². The second-order valence-electron chi connectivity index (χ2n) is 4.88. The van der Waals surface area contributed by atoms with Gasteiger partial charge in [0.1, 0.15) is 11.9 Å². The lowest BCUT2D eigenvalue weighted by atomic mass is 10.0. The van der Waals surface area contributed by atoms with Gasteiger partial charge < -0.3 is 16.0 Å². The molecule has 0 radical (unpaired) electrons. The van der Waals surface area contributed by atoms with Crippen LogP contribution in [0, 0.1) is 10.1 Å². The number of hydrogen-bond donors (Lipinski definition) is 3. The number of anilines is 2. The minimum atomic E-state index is -0.507. The Labute approximate surface area is 126 Å². The van der Waals surface area contributed by atoms with Crippen LogP contribution < -0.4 is 16.0 Å². The molecule has 7 heteroatoms. The van der Waals surface area contributed by atoms with Crippen LogP contribution in [0.3, 0.4) is 0 Å². The van der Waals surface area contributed by atoms with Gasteiger partial charge in [0, 0.05) is 24.4 Å². The molecule has 112 valence electrons. The van der Waals surface area contributed by atoms with Crippen molar-refractivity contribution in [2.24, 2.45) is 0 Å². The van der Waals surface area contributed by atoms with Crippen molar-refractivity contribution >= 4 is 23.0 Å². The van der Waals surface area contributed by atoms with Crippen molar-refractivity contribution in [3.8, 4) is 0 Å². The summed E-state index contributed by atoms with van der Waals surface area (Å²) in [5.41, 5.74) is 2.27. The SMILES string of the molecule is CNc1ccc([C@H]2NC(=O)c3ccccc3N2)cc1[N+](=O)[O-]. The Bertz CT molecular complexity index is 760. The second kappa shape index (κ2) is 5.36. The summed E-state index contributed by atoms with van der Waals surface area (Å²) in [6.45, 7) is 0. The molecule has 1 atom stereocenters. The Hall–Kier alpha value is -3.09. The van der Waals surface area contributed by atoms with E-state index in [4.69, 9.17) is 0 Å². The molecule has 22 heavy (non-hydrogen) atoms. The number of nitro benzene ring substituents is 1. The van der Waals surface area contributed by atoms with Crippen LogP contribution in [0.25, 0.3) is 0 Å². The fourth-order valence-corrected chi connectivity index (χ4v) is 2.46. The average molecular weight is 298 g/mol. The summed E-state index contributed by atoms with van der Waals surface area (Å²) in [5.74, 6) is -0.209. The first-order chi connectivity index (χ1) is 10.6. The van der Waals surface area contributed by atoms with Gasteiger partial charge in [0.15, 0.2) is 0 Å². The van der Waals surface area contributed by atoms with Crippen LogP contribution >= 0.6 is 0 Å². The number of nitrogens with zero attached hydrogens (tertiary/aromatic N) is 1. The third-order valence-corrected chi connectivity index (χ3v) is 3.57. The third-order valence-electron chi connectivity index (χ3n) is 3.57. The van der Waals surface area contributed by atoms with Gasteiger partial charge in [0.05, 0.1) is 10.5 Å². The zero-order valence-electron chi connectivity index (χ0n) is 11.8.